The number of aromatic nitrogens is 2. The third-order valence-corrected chi connectivity index (χ3v) is 3.72. The van der Waals surface area contributed by atoms with Crippen LogP contribution in [0.25, 0.3) is 0 Å². The van der Waals surface area contributed by atoms with Gasteiger partial charge in [-0.15, -0.1) is 0 Å². The van der Waals surface area contributed by atoms with Gasteiger partial charge in [0, 0.05) is 12.1 Å². The average Bonchev–Trinajstić information content (AvgIpc) is 2.63. The van der Waals surface area contributed by atoms with Crippen LogP contribution in [0.4, 0.5) is 17.2 Å². The number of anilines is 3. The zero-order valence-electron chi connectivity index (χ0n) is 11.1. The first-order chi connectivity index (χ1) is 8.93. The van der Waals surface area contributed by atoms with Gasteiger partial charge >= 0.3 is 0 Å². The maximum atomic E-state index is 6.21. The normalized spacial score (nSPS) is 10.8. The van der Waals surface area contributed by atoms with Gasteiger partial charge in [0.2, 0.25) is 0 Å². The molecule has 0 unspecified atom stereocenters. The number of nitrogen functional groups attached to an aromatic ring is 1. The van der Waals surface area contributed by atoms with E-state index in [9.17, 15) is 0 Å². The van der Waals surface area contributed by atoms with Crippen molar-refractivity contribution >= 4 is 40.4 Å². The Kier molecular flexibility index (Phi) is 3.92. The molecule has 1 aromatic carbocycles. The Morgan fingerprint density at radius 1 is 1.32 bits per heavy atom. The molecule has 2 aromatic rings. The number of hydrogen-bond acceptors (Lipinski definition) is 3. The minimum Gasteiger partial charge on any atom is -0.394 e. The molecular formula is C13H16Cl2N4. The van der Waals surface area contributed by atoms with Gasteiger partial charge in [-0.25, -0.2) is 0 Å². The summed E-state index contributed by atoms with van der Waals surface area (Å²) in [5.74, 6) is 0.721. The first-order valence-corrected chi connectivity index (χ1v) is 6.73. The molecule has 0 aliphatic carbocycles. The fourth-order valence-corrected chi connectivity index (χ4v) is 2.30. The van der Waals surface area contributed by atoms with E-state index in [1.54, 1.807) is 10.7 Å². The highest BCUT2D eigenvalue weighted by molar-refractivity contribution is 6.35. The van der Waals surface area contributed by atoms with Crippen LogP contribution in [-0.2, 0) is 13.5 Å². The van der Waals surface area contributed by atoms with E-state index in [1.807, 2.05) is 27.0 Å². The van der Waals surface area contributed by atoms with E-state index in [0.717, 1.165) is 29.2 Å². The van der Waals surface area contributed by atoms with Crippen molar-refractivity contribution in [2.24, 2.45) is 7.05 Å². The highest BCUT2D eigenvalue weighted by Gasteiger charge is 2.14. The van der Waals surface area contributed by atoms with Crippen LogP contribution < -0.4 is 11.1 Å². The van der Waals surface area contributed by atoms with Crippen molar-refractivity contribution in [3.05, 3.63) is 33.4 Å². The lowest BCUT2D eigenvalue weighted by molar-refractivity contribution is 0.753. The number of nitrogens with one attached hydrogen (secondary N) is 1. The molecule has 2 rings (SSSR count). The molecule has 0 spiro atoms. The van der Waals surface area contributed by atoms with Gasteiger partial charge < -0.3 is 11.1 Å². The lowest BCUT2D eigenvalue weighted by atomic mass is 10.2. The molecule has 0 radical (unpaired) electrons. The van der Waals surface area contributed by atoms with Gasteiger partial charge in [0.05, 0.1) is 22.1 Å². The zero-order chi connectivity index (χ0) is 14.2. The second-order valence-corrected chi connectivity index (χ2v) is 5.21. The molecule has 0 saturated heterocycles. The molecule has 0 amide bonds. The fraction of sp³-hybridized carbons (Fsp3) is 0.308. The maximum Gasteiger partial charge on any atom is 0.152 e. The number of halogens is 2. The van der Waals surface area contributed by atoms with Crippen LogP contribution in [0, 0.1) is 6.92 Å². The van der Waals surface area contributed by atoms with E-state index < -0.39 is 0 Å². The molecule has 0 fully saturated rings. The molecule has 0 aliphatic heterocycles. The van der Waals surface area contributed by atoms with Crippen molar-refractivity contribution in [3.8, 4) is 0 Å². The SMILES string of the molecule is CCc1nn(C)c(Nc2cc(Cl)c(C)cc2Cl)c1N. The predicted molar refractivity (Wildman–Crippen MR) is 81.5 cm³/mol. The van der Waals surface area contributed by atoms with Crippen LogP contribution in [-0.4, -0.2) is 9.78 Å². The molecule has 1 aromatic heterocycles. The van der Waals surface area contributed by atoms with Crippen LogP contribution in [0.2, 0.25) is 10.0 Å². The van der Waals surface area contributed by atoms with E-state index in [-0.39, 0.29) is 0 Å². The third-order valence-electron chi connectivity index (χ3n) is 3.00. The summed E-state index contributed by atoms with van der Waals surface area (Å²) < 4.78 is 1.71. The van der Waals surface area contributed by atoms with Crippen molar-refractivity contribution < 1.29 is 0 Å². The standard InChI is InChI=1S/C13H16Cl2N4/c1-4-10-12(16)13(19(3)18-10)17-11-6-8(14)7(2)5-9(11)15/h5-6,17H,4,16H2,1-3H3. The number of rotatable bonds is 3. The van der Waals surface area contributed by atoms with E-state index >= 15 is 0 Å². The Morgan fingerprint density at radius 2 is 2.00 bits per heavy atom. The first-order valence-electron chi connectivity index (χ1n) is 5.98. The van der Waals surface area contributed by atoms with Gasteiger partial charge in [0.15, 0.2) is 5.82 Å². The molecule has 3 N–H and O–H groups in total. The Labute approximate surface area is 122 Å². The Hall–Kier alpha value is -1.39. The van der Waals surface area contributed by atoms with Crippen molar-refractivity contribution in [1.29, 1.82) is 0 Å². The molecule has 19 heavy (non-hydrogen) atoms. The number of benzene rings is 1. The molecule has 0 saturated carbocycles. The zero-order valence-corrected chi connectivity index (χ0v) is 12.6. The summed E-state index contributed by atoms with van der Waals surface area (Å²) in [5.41, 5.74) is 9.21. The lowest BCUT2D eigenvalue weighted by Crippen LogP contribution is -2.02. The first kappa shape index (κ1) is 14.0. The van der Waals surface area contributed by atoms with Crippen molar-refractivity contribution in [3.63, 3.8) is 0 Å². The van der Waals surface area contributed by atoms with Crippen LogP contribution in [0.1, 0.15) is 18.2 Å². The van der Waals surface area contributed by atoms with Gasteiger partial charge in [-0.3, -0.25) is 4.68 Å². The van der Waals surface area contributed by atoms with Crippen LogP contribution >= 0.6 is 23.2 Å². The van der Waals surface area contributed by atoms with E-state index in [0.29, 0.717) is 15.7 Å². The molecule has 4 nitrogen and oxygen atoms in total. The topological polar surface area (TPSA) is 55.9 Å². The van der Waals surface area contributed by atoms with Gasteiger partial charge in [0.1, 0.15) is 0 Å². The van der Waals surface area contributed by atoms with Gasteiger partial charge in [-0.2, -0.15) is 5.10 Å². The number of nitrogens with zero attached hydrogens (tertiary/aromatic N) is 2. The largest absolute Gasteiger partial charge is 0.394 e. The average molecular weight is 299 g/mol. The van der Waals surface area contributed by atoms with Crippen molar-refractivity contribution in [2.45, 2.75) is 20.3 Å². The number of hydrogen-bond donors (Lipinski definition) is 2. The summed E-state index contributed by atoms with van der Waals surface area (Å²) in [6, 6.07) is 3.61. The van der Waals surface area contributed by atoms with Crippen LogP contribution in [0.15, 0.2) is 12.1 Å². The molecule has 0 bridgehead atoms. The summed E-state index contributed by atoms with van der Waals surface area (Å²) in [7, 11) is 1.83. The summed E-state index contributed by atoms with van der Waals surface area (Å²) in [6.45, 7) is 3.92. The second-order valence-electron chi connectivity index (χ2n) is 4.39. The molecular weight excluding hydrogens is 283 g/mol. The van der Waals surface area contributed by atoms with Gasteiger partial charge in [-0.05, 0) is 31.0 Å². The molecule has 6 heteroatoms. The Balaban J connectivity index is 2.42. The van der Waals surface area contributed by atoms with E-state index in [1.165, 1.54) is 0 Å². The summed E-state index contributed by atoms with van der Waals surface area (Å²) in [5, 5.41) is 8.79. The Bertz CT molecular complexity index is 620. The van der Waals surface area contributed by atoms with Crippen LogP contribution in [0.3, 0.4) is 0 Å². The van der Waals surface area contributed by atoms with Gasteiger partial charge in [-0.1, -0.05) is 30.1 Å². The van der Waals surface area contributed by atoms with E-state index in [2.05, 4.69) is 10.4 Å². The van der Waals surface area contributed by atoms with E-state index in [4.69, 9.17) is 28.9 Å². The summed E-state index contributed by atoms with van der Waals surface area (Å²) in [4.78, 5) is 0. The monoisotopic (exact) mass is 298 g/mol. The quantitative estimate of drug-likeness (QED) is 0.903. The number of aryl methyl sites for hydroxylation is 3. The minimum atomic E-state index is 0.598. The summed E-state index contributed by atoms with van der Waals surface area (Å²) in [6.07, 6.45) is 0.781. The fourth-order valence-electron chi connectivity index (χ4n) is 1.87. The molecule has 102 valence electrons. The minimum absolute atomic E-state index is 0.598. The lowest BCUT2D eigenvalue weighted by Gasteiger charge is -2.11. The molecule has 0 aliphatic rings. The predicted octanol–water partition coefficient (Wildman–Crippen LogP) is 3.92. The van der Waals surface area contributed by atoms with Crippen molar-refractivity contribution in [1.82, 2.24) is 9.78 Å². The van der Waals surface area contributed by atoms with Crippen molar-refractivity contribution in [2.75, 3.05) is 11.1 Å². The van der Waals surface area contributed by atoms with Crippen LogP contribution in [0.5, 0.6) is 0 Å². The summed E-state index contributed by atoms with van der Waals surface area (Å²) >= 11 is 12.3. The second kappa shape index (κ2) is 5.31. The third kappa shape index (κ3) is 2.65. The van der Waals surface area contributed by atoms with Gasteiger partial charge in [0.25, 0.3) is 0 Å². The Morgan fingerprint density at radius 3 is 2.58 bits per heavy atom. The molecule has 0 atom stereocenters. The highest BCUT2D eigenvalue weighted by atomic mass is 35.5. The molecule has 1 heterocycles. The number of nitrogens with two attached hydrogens (primary N) is 1. The highest BCUT2D eigenvalue weighted by Crippen LogP contribution is 2.33. The smallest absolute Gasteiger partial charge is 0.152 e. The maximum absolute atomic E-state index is 6.21.